The fraction of sp³-hybridized carbons (Fsp3) is 0.273. The average Bonchev–Trinajstić information content (AvgIpc) is 3.15. The van der Waals surface area contributed by atoms with Crippen LogP contribution in [0.5, 0.6) is 5.75 Å². The molecule has 5 nitrogen and oxygen atoms in total. The topological polar surface area (TPSA) is 58.5 Å². The van der Waals surface area contributed by atoms with Crippen molar-refractivity contribution in [3.05, 3.63) is 81.8 Å². The van der Waals surface area contributed by atoms with E-state index in [0.29, 0.717) is 13.2 Å². The van der Waals surface area contributed by atoms with Crippen LogP contribution in [0.1, 0.15) is 27.9 Å². The van der Waals surface area contributed by atoms with Crippen LogP contribution in [-0.4, -0.2) is 17.5 Å². The molecule has 2 N–H and O–H groups in total. The van der Waals surface area contributed by atoms with Crippen molar-refractivity contribution < 1.29 is 4.74 Å². The van der Waals surface area contributed by atoms with Gasteiger partial charge in [0.05, 0.1) is 18.8 Å². The Kier molecular flexibility index (Phi) is 7.44. The molecule has 0 radical (unpaired) electrons. The molecule has 0 saturated heterocycles. The molecule has 0 bridgehead atoms. The van der Waals surface area contributed by atoms with Crippen molar-refractivity contribution in [2.75, 3.05) is 6.54 Å². The molecule has 0 aliphatic rings. The summed E-state index contributed by atoms with van der Waals surface area (Å²) in [4.78, 5) is 11.6. The molecule has 6 heteroatoms. The minimum Gasteiger partial charge on any atom is -0.487 e. The van der Waals surface area contributed by atoms with Crippen molar-refractivity contribution in [1.82, 2.24) is 15.6 Å². The standard InChI is InChI=1S/C22H26N4OS/c1-3-23-22(26-15-21-11-10-17(2)28-21)25-14-18-7-6-9-20(13-18)27-16-19-8-4-5-12-24-19/h4-13H,3,14-16H2,1-2H3,(H2,23,25,26). The molecule has 2 heterocycles. The number of hydrogen-bond acceptors (Lipinski definition) is 4. The third-order valence-corrected chi connectivity index (χ3v) is 5.00. The summed E-state index contributed by atoms with van der Waals surface area (Å²) >= 11 is 1.80. The van der Waals surface area contributed by atoms with Gasteiger partial charge in [-0.2, -0.15) is 0 Å². The van der Waals surface area contributed by atoms with Crippen LogP contribution in [0.3, 0.4) is 0 Å². The Labute approximate surface area is 170 Å². The highest BCUT2D eigenvalue weighted by Gasteiger charge is 2.02. The van der Waals surface area contributed by atoms with Gasteiger partial charge in [-0.3, -0.25) is 4.98 Å². The van der Waals surface area contributed by atoms with Gasteiger partial charge in [-0.05, 0) is 55.8 Å². The van der Waals surface area contributed by atoms with Gasteiger partial charge in [-0.15, -0.1) is 11.3 Å². The van der Waals surface area contributed by atoms with Crippen LogP contribution < -0.4 is 15.4 Å². The first kappa shape index (κ1) is 19.9. The third-order valence-electron chi connectivity index (χ3n) is 4.00. The van der Waals surface area contributed by atoms with E-state index in [0.717, 1.165) is 36.1 Å². The molecular weight excluding hydrogens is 368 g/mol. The highest BCUT2D eigenvalue weighted by atomic mass is 32.1. The number of hydrogen-bond donors (Lipinski definition) is 2. The number of rotatable bonds is 8. The molecule has 28 heavy (non-hydrogen) atoms. The second-order valence-electron chi connectivity index (χ2n) is 6.32. The van der Waals surface area contributed by atoms with Crippen molar-refractivity contribution in [2.24, 2.45) is 4.99 Å². The third kappa shape index (κ3) is 6.39. The zero-order valence-electron chi connectivity index (χ0n) is 16.3. The number of aromatic nitrogens is 1. The molecule has 3 aromatic rings. The van der Waals surface area contributed by atoms with Crippen molar-refractivity contribution in [3.63, 3.8) is 0 Å². The van der Waals surface area contributed by atoms with Gasteiger partial charge in [0.2, 0.25) is 0 Å². The monoisotopic (exact) mass is 394 g/mol. The van der Waals surface area contributed by atoms with Crippen LogP contribution in [0.4, 0.5) is 0 Å². The van der Waals surface area contributed by atoms with Gasteiger partial charge in [-0.25, -0.2) is 4.99 Å². The Hall–Kier alpha value is -2.86. The maximum Gasteiger partial charge on any atom is 0.191 e. The normalized spacial score (nSPS) is 11.3. The molecule has 0 spiro atoms. The zero-order valence-corrected chi connectivity index (χ0v) is 17.1. The molecule has 3 rings (SSSR count). The number of aryl methyl sites for hydroxylation is 1. The van der Waals surface area contributed by atoms with Gasteiger partial charge in [0.1, 0.15) is 12.4 Å². The van der Waals surface area contributed by atoms with E-state index in [2.05, 4.69) is 47.7 Å². The average molecular weight is 395 g/mol. The highest BCUT2D eigenvalue weighted by Crippen LogP contribution is 2.16. The summed E-state index contributed by atoms with van der Waals surface area (Å²) in [5, 5.41) is 6.69. The van der Waals surface area contributed by atoms with Crippen LogP contribution in [0.25, 0.3) is 0 Å². The first-order chi connectivity index (χ1) is 13.7. The summed E-state index contributed by atoms with van der Waals surface area (Å²) in [6.07, 6.45) is 1.77. The van der Waals surface area contributed by atoms with Gasteiger partial charge < -0.3 is 15.4 Å². The summed E-state index contributed by atoms with van der Waals surface area (Å²) < 4.78 is 5.85. The number of pyridine rings is 1. The van der Waals surface area contributed by atoms with E-state index in [1.807, 2.05) is 36.4 Å². The summed E-state index contributed by atoms with van der Waals surface area (Å²) in [6, 6.07) is 18.1. The molecule has 2 aromatic heterocycles. The van der Waals surface area contributed by atoms with Crippen molar-refractivity contribution >= 4 is 17.3 Å². The lowest BCUT2D eigenvalue weighted by molar-refractivity contribution is 0.301. The van der Waals surface area contributed by atoms with Gasteiger partial charge in [0.15, 0.2) is 5.96 Å². The maximum absolute atomic E-state index is 5.85. The van der Waals surface area contributed by atoms with Crippen LogP contribution >= 0.6 is 11.3 Å². The number of ether oxygens (including phenoxy) is 1. The molecule has 0 unspecified atom stereocenters. The van der Waals surface area contributed by atoms with E-state index >= 15 is 0 Å². The Morgan fingerprint density at radius 3 is 2.79 bits per heavy atom. The van der Waals surface area contributed by atoms with E-state index < -0.39 is 0 Å². The molecule has 0 saturated carbocycles. The zero-order chi connectivity index (χ0) is 19.6. The Bertz CT molecular complexity index is 892. The minimum atomic E-state index is 0.456. The lowest BCUT2D eigenvalue weighted by Gasteiger charge is -2.11. The van der Waals surface area contributed by atoms with Crippen molar-refractivity contribution in [2.45, 2.75) is 33.5 Å². The lowest BCUT2D eigenvalue weighted by Crippen LogP contribution is -2.36. The minimum absolute atomic E-state index is 0.456. The number of nitrogens with one attached hydrogen (secondary N) is 2. The Balaban J connectivity index is 1.57. The van der Waals surface area contributed by atoms with E-state index in [4.69, 9.17) is 9.73 Å². The molecule has 0 aliphatic carbocycles. The first-order valence-electron chi connectivity index (χ1n) is 9.42. The number of aliphatic imine (C=N–C) groups is 1. The van der Waals surface area contributed by atoms with Crippen LogP contribution in [0.2, 0.25) is 0 Å². The van der Waals surface area contributed by atoms with Crippen LogP contribution in [-0.2, 0) is 19.7 Å². The molecule has 0 aliphatic heterocycles. The van der Waals surface area contributed by atoms with Gasteiger partial charge in [0.25, 0.3) is 0 Å². The second kappa shape index (κ2) is 10.5. The fourth-order valence-electron chi connectivity index (χ4n) is 2.64. The summed E-state index contributed by atoms with van der Waals surface area (Å²) in [7, 11) is 0. The van der Waals surface area contributed by atoms with E-state index in [9.17, 15) is 0 Å². The van der Waals surface area contributed by atoms with Crippen LogP contribution in [0.15, 0.2) is 65.8 Å². The predicted octanol–water partition coefficient (Wildman–Crippen LogP) is 4.29. The molecule has 0 fully saturated rings. The Morgan fingerprint density at radius 1 is 1.11 bits per heavy atom. The number of guanidine groups is 1. The highest BCUT2D eigenvalue weighted by molar-refractivity contribution is 7.11. The predicted molar refractivity (Wildman–Crippen MR) is 116 cm³/mol. The van der Waals surface area contributed by atoms with Gasteiger partial charge in [-0.1, -0.05) is 18.2 Å². The number of thiophene rings is 1. The molecular formula is C22H26N4OS. The van der Waals surface area contributed by atoms with Crippen molar-refractivity contribution in [3.8, 4) is 5.75 Å². The molecule has 146 valence electrons. The van der Waals surface area contributed by atoms with E-state index in [1.54, 1.807) is 17.5 Å². The van der Waals surface area contributed by atoms with E-state index in [-0.39, 0.29) is 0 Å². The van der Waals surface area contributed by atoms with E-state index in [1.165, 1.54) is 9.75 Å². The quantitative estimate of drug-likeness (QED) is 0.442. The summed E-state index contributed by atoms with van der Waals surface area (Å²) in [6.45, 7) is 6.83. The Morgan fingerprint density at radius 2 is 2.04 bits per heavy atom. The summed E-state index contributed by atoms with van der Waals surface area (Å²) in [5.41, 5.74) is 2.01. The largest absolute Gasteiger partial charge is 0.487 e. The number of nitrogens with zero attached hydrogens (tertiary/aromatic N) is 2. The van der Waals surface area contributed by atoms with Crippen molar-refractivity contribution in [1.29, 1.82) is 0 Å². The maximum atomic E-state index is 5.85. The molecule has 0 amide bonds. The smallest absolute Gasteiger partial charge is 0.191 e. The van der Waals surface area contributed by atoms with Gasteiger partial charge >= 0.3 is 0 Å². The molecule has 0 atom stereocenters. The lowest BCUT2D eigenvalue weighted by atomic mass is 10.2. The summed E-state index contributed by atoms with van der Waals surface area (Å²) in [5.74, 6) is 1.64. The van der Waals surface area contributed by atoms with Gasteiger partial charge in [0, 0.05) is 22.5 Å². The van der Waals surface area contributed by atoms with Crippen LogP contribution in [0, 0.1) is 6.92 Å². The molecule has 1 aromatic carbocycles. The first-order valence-corrected chi connectivity index (χ1v) is 10.2. The second-order valence-corrected chi connectivity index (χ2v) is 7.69. The SMILES string of the molecule is CCNC(=NCc1cccc(OCc2ccccn2)c1)NCc1ccc(C)s1. The fourth-order valence-corrected chi connectivity index (χ4v) is 3.47. The number of benzene rings is 1.